The first kappa shape index (κ1) is 22.3. The highest BCUT2D eigenvalue weighted by Crippen LogP contribution is 2.28. The number of carbonyl (C=O) groups excluding carboxylic acids is 2. The van der Waals surface area contributed by atoms with Crippen LogP contribution >= 0.6 is 0 Å². The summed E-state index contributed by atoms with van der Waals surface area (Å²) in [5.41, 5.74) is 1.32. The standard InChI is InChI=1S/C23H29NO5/c1-5-10-19(17-11-8-7-9-12-17)24-22(25)16(3)29-23(26)18-13-14-20(28-6-2)21(15-18)27-4/h7-9,11-16,19H,5-6,10H2,1-4H3,(H,24,25)/t16-,19+/m0/s1. The zero-order valence-corrected chi connectivity index (χ0v) is 17.4. The summed E-state index contributed by atoms with van der Waals surface area (Å²) in [5.74, 6) is 0.0485. The van der Waals surface area contributed by atoms with Crippen molar-refractivity contribution in [2.24, 2.45) is 0 Å². The van der Waals surface area contributed by atoms with Gasteiger partial charge in [0.1, 0.15) is 0 Å². The zero-order chi connectivity index (χ0) is 21.2. The number of hydrogen-bond acceptors (Lipinski definition) is 5. The molecule has 0 unspecified atom stereocenters. The first-order valence-electron chi connectivity index (χ1n) is 9.87. The molecule has 1 amide bonds. The van der Waals surface area contributed by atoms with Crippen LogP contribution in [0.4, 0.5) is 0 Å². The van der Waals surface area contributed by atoms with Crippen molar-refractivity contribution in [3.8, 4) is 11.5 Å². The second kappa shape index (κ2) is 11.1. The van der Waals surface area contributed by atoms with Gasteiger partial charge in [-0.2, -0.15) is 0 Å². The highest BCUT2D eigenvalue weighted by molar-refractivity contribution is 5.93. The summed E-state index contributed by atoms with van der Waals surface area (Å²) < 4.78 is 16.1. The van der Waals surface area contributed by atoms with E-state index in [1.807, 2.05) is 37.3 Å². The number of rotatable bonds is 10. The van der Waals surface area contributed by atoms with Gasteiger partial charge in [0.15, 0.2) is 17.6 Å². The van der Waals surface area contributed by atoms with Crippen molar-refractivity contribution >= 4 is 11.9 Å². The van der Waals surface area contributed by atoms with E-state index in [-0.39, 0.29) is 17.5 Å². The van der Waals surface area contributed by atoms with Gasteiger partial charge in [0.25, 0.3) is 5.91 Å². The molecule has 6 nitrogen and oxygen atoms in total. The average molecular weight is 399 g/mol. The largest absolute Gasteiger partial charge is 0.493 e. The lowest BCUT2D eigenvalue weighted by atomic mass is 10.0. The van der Waals surface area contributed by atoms with Gasteiger partial charge in [-0.1, -0.05) is 43.7 Å². The molecule has 0 bridgehead atoms. The van der Waals surface area contributed by atoms with E-state index in [9.17, 15) is 9.59 Å². The molecule has 1 N–H and O–H groups in total. The van der Waals surface area contributed by atoms with E-state index in [0.717, 1.165) is 18.4 Å². The molecule has 2 rings (SSSR count). The van der Waals surface area contributed by atoms with E-state index in [2.05, 4.69) is 12.2 Å². The fourth-order valence-corrected chi connectivity index (χ4v) is 2.94. The third-order valence-corrected chi connectivity index (χ3v) is 4.45. The highest BCUT2D eigenvalue weighted by Gasteiger charge is 2.23. The number of amides is 1. The number of nitrogens with one attached hydrogen (secondary N) is 1. The predicted molar refractivity (Wildman–Crippen MR) is 111 cm³/mol. The maximum atomic E-state index is 12.6. The van der Waals surface area contributed by atoms with Crippen LogP contribution in [0.15, 0.2) is 48.5 Å². The number of ether oxygens (including phenoxy) is 3. The highest BCUT2D eigenvalue weighted by atomic mass is 16.5. The lowest BCUT2D eigenvalue weighted by Gasteiger charge is -2.21. The van der Waals surface area contributed by atoms with Crippen LogP contribution in [0.2, 0.25) is 0 Å². The van der Waals surface area contributed by atoms with E-state index >= 15 is 0 Å². The molecule has 0 radical (unpaired) electrons. The molecule has 2 aromatic rings. The second-order valence-electron chi connectivity index (χ2n) is 6.61. The summed E-state index contributed by atoms with van der Waals surface area (Å²) >= 11 is 0. The van der Waals surface area contributed by atoms with Gasteiger partial charge in [-0.25, -0.2) is 4.79 Å². The van der Waals surface area contributed by atoms with Gasteiger partial charge < -0.3 is 19.5 Å². The van der Waals surface area contributed by atoms with Gasteiger partial charge in [-0.3, -0.25) is 4.79 Å². The van der Waals surface area contributed by atoms with Crippen LogP contribution in [0.3, 0.4) is 0 Å². The van der Waals surface area contributed by atoms with Crippen LogP contribution in [-0.4, -0.2) is 31.7 Å². The van der Waals surface area contributed by atoms with Gasteiger partial charge in [-0.05, 0) is 44.0 Å². The Morgan fingerprint density at radius 3 is 2.38 bits per heavy atom. The molecule has 0 fully saturated rings. The third kappa shape index (κ3) is 6.24. The number of hydrogen-bond donors (Lipinski definition) is 1. The lowest BCUT2D eigenvalue weighted by molar-refractivity contribution is -0.129. The quantitative estimate of drug-likeness (QED) is 0.603. The summed E-state index contributed by atoms with van der Waals surface area (Å²) in [4.78, 5) is 25.1. The van der Waals surface area contributed by atoms with Crippen molar-refractivity contribution in [1.82, 2.24) is 5.32 Å². The van der Waals surface area contributed by atoms with Crippen LogP contribution in [0.5, 0.6) is 11.5 Å². The van der Waals surface area contributed by atoms with E-state index in [0.29, 0.717) is 18.1 Å². The van der Waals surface area contributed by atoms with E-state index in [1.54, 1.807) is 25.1 Å². The predicted octanol–water partition coefficient (Wildman–Crippen LogP) is 4.30. The van der Waals surface area contributed by atoms with Crippen LogP contribution in [-0.2, 0) is 9.53 Å². The molecule has 2 aromatic carbocycles. The van der Waals surface area contributed by atoms with E-state index < -0.39 is 12.1 Å². The molecule has 0 saturated carbocycles. The molecular formula is C23H29NO5. The van der Waals surface area contributed by atoms with Crippen LogP contribution < -0.4 is 14.8 Å². The minimum absolute atomic E-state index is 0.125. The Morgan fingerprint density at radius 1 is 1.03 bits per heavy atom. The van der Waals surface area contributed by atoms with E-state index in [4.69, 9.17) is 14.2 Å². The smallest absolute Gasteiger partial charge is 0.339 e. The fourth-order valence-electron chi connectivity index (χ4n) is 2.94. The molecule has 0 aliphatic rings. The topological polar surface area (TPSA) is 73.9 Å². The van der Waals surface area contributed by atoms with Crippen molar-refractivity contribution in [3.05, 3.63) is 59.7 Å². The van der Waals surface area contributed by atoms with Crippen molar-refractivity contribution in [2.75, 3.05) is 13.7 Å². The maximum absolute atomic E-state index is 12.6. The van der Waals surface area contributed by atoms with Gasteiger partial charge >= 0.3 is 5.97 Å². The maximum Gasteiger partial charge on any atom is 0.339 e. The van der Waals surface area contributed by atoms with Gasteiger partial charge in [0.2, 0.25) is 0 Å². The molecule has 29 heavy (non-hydrogen) atoms. The molecule has 2 atom stereocenters. The SMILES string of the molecule is CCC[C@@H](NC(=O)[C@H](C)OC(=O)c1ccc(OCC)c(OC)c1)c1ccccc1. The van der Waals surface area contributed by atoms with Crippen molar-refractivity contribution in [3.63, 3.8) is 0 Å². The number of esters is 1. The Labute approximate surface area is 172 Å². The molecule has 6 heteroatoms. The minimum Gasteiger partial charge on any atom is -0.493 e. The molecule has 156 valence electrons. The summed E-state index contributed by atoms with van der Waals surface area (Å²) in [7, 11) is 1.50. The summed E-state index contributed by atoms with van der Waals surface area (Å²) in [5, 5.41) is 2.98. The Morgan fingerprint density at radius 2 is 1.76 bits per heavy atom. The summed E-state index contributed by atoms with van der Waals surface area (Å²) in [6.07, 6.45) is 0.787. The van der Waals surface area contributed by atoms with Crippen LogP contribution in [0.1, 0.15) is 55.6 Å². The van der Waals surface area contributed by atoms with Crippen molar-refractivity contribution in [2.45, 2.75) is 45.8 Å². The Bertz CT molecular complexity index is 806. The first-order chi connectivity index (χ1) is 14.0. The van der Waals surface area contributed by atoms with Crippen molar-refractivity contribution < 1.29 is 23.8 Å². The molecule has 0 spiro atoms. The molecule has 0 aromatic heterocycles. The number of methoxy groups -OCH3 is 1. The molecule has 0 heterocycles. The normalized spacial score (nSPS) is 12.6. The van der Waals surface area contributed by atoms with Gasteiger partial charge in [-0.15, -0.1) is 0 Å². The lowest BCUT2D eigenvalue weighted by Crippen LogP contribution is -2.38. The Hall–Kier alpha value is -3.02. The summed E-state index contributed by atoms with van der Waals surface area (Å²) in [6.45, 7) is 5.97. The van der Waals surface area contributed by atoms with Crippen molar-refractivity contribution in [1.29, 1.82) is 0 Å². The minimum atomic E-state index is -0.928. The fraction of sp³-hybridized carbons (Fsp3) is 0.391. The number of benzene rings is 2. The first-order valence-corrected chi connectivity index (χ1v) is 9.87. The average Bonchev–Trinajstić information content (AvgIpc) is 2.74. The Balaban J connectivity index is 2.03. The zero-order valence-electron chi connectivity index (χ0n) is 17.4. The number of carbonyl (C=O) groups is 2. The molecule has 0 aliphatic heterocycles. The molecular weight excluding hydrogens is 370 g/mol. The van der Waals surface area contributed by atoms with Crippen LogP contribution in [0.25, 0.3) is 0 Å². The molecule has 0 saturated heterocycles. The third-order valence-electron chi connectivity index (χ3n) is 4.45. The van der Waals surface area contributed by atoms with E-state index in [1.165, 1.54) is 7.11 Å². The van der Waals surface area contributed by atoms with Crippen LogP contribution in [0, 0.1) is 0 Å². The molecule has 0 aliphatic carbocycles. The van der Waals surface area contributed by atoms with Gasteiger partial charge in [0, 0.05) is 0 Å². The summed E-state index contributed by atoms with van der Waals surface area (Å²) in [6, 6.07) is 14.4. The second-order valence-corrected chi connectivity index (χ2v) is 6.61. The Kier molecular flexibility index (Phi) is 8.52. The monoisotopic (exact) mass is 399 g/mol. The van der Waals surface area contributed by atoms with Gasteiger partial charge in [0.05, 0.1) is 25.3 Å².